The number of rotatable bonds is 3. The van der Waals surface area contributed by atoms with E-state index in [1.54, 1.807) is 6.07 Å². The molecule has 0 amide bonds. The van der Waals surface area contributed by atoms with Crippen molar-refractivity contribution < 1.29 is 4.39 Å². The van der Waals surface area contributed by atoms with Gasteiger partial charge in [0.25, 0.3) is 0 Å². The lowest BCUT2D eigenvalue weighted by Crippen LogP contribution is -2.22. The third-order valence-electron chi connectivity index (χ3n) is 5.51. The summed E-state index contributed by atoms with van der Waals surface area (Å²) in [5, 5.41) is 3.66. The molecule has 4 rings (SSSR count). The molecular formula is C16H20FN. The van der Waals surface area contributed by atoms with Gasteiger partial charge in [0, 0.05) is 12.6 Å². The molecule has 2 bridgehead atoms. The minimum absolute atomic E-state index is 0.0784. The van der Waals surface area contributed by atoms with Gasteiger partial charge in [0.05, 0.1) is 0 Å². The topological polar surface area (TPSA) is 12.0 Å². The molecule has 4 atom stereocenters. The van der Waals surface area contributed by atoms with Crippen LogP contribution in [0.2, 0.25) is 0 Å². The predicted molar refractivity (Wildman–Crippen MR) is 69.6 cm³/mol. The van der Waals surface area contributed by atoms with Gasteiger partial charge in [-0.25, -0.2) is 4.39 Å². The van der Waals surface area contributed by atoms with E-state index in [2.05, 4.69) is 5.32 Å². The third-order valence-corrected chi connectivity index (χ3v) is 5.51. The van der Waals surface area contributed by atoms with Gasteiger partial charge < -0.3 is 5.32 Å². The standard InChI is InChI=1S/C16H20FN/c1-9-2-3-10(6-13(9)17)8-18-16-14-11-4-5-12(7-11)15(14)16/h2-3,6,11-12,14-16,18H,4-5,7-8H2,1H3. The summed E-state index contributed by atoms with van der Waals surface area (Å²) in [5.74, 6) is 3.85. The lowest BCUT2D eigenvalue weighted by Gasteiger charge is -2.11. The minimum Gasteiger partial charge on any atom is -0.309 e. The van der Waals surface area contributed by atoms with Gasteiger partial charge in [0.15, 0.2) is 0 Å². The zero-order chi connectivity index (χ0) is 12.3. The molecule has 0 aromatic heterocycles. The smallest absolute Gasteiger partial charge is 0.126 e. The number of hydrogen-bond acceptors (Lipinski definition) is 1. The fourth-order valence-electron chi connectivity index (χ4n) is 4.58. The molecule has 3 aliphatic rings. The summed E-state index contributed by atoms with van der Waals surface area (Å²) in [6.07, 6.45) is 4.42. The molecule has 0 radical (unpaired) electrons. The molecule has 18 heavy (non-hydrogen) atoms. The second kappa shape index (κ2) is 3.80. The van der Waals surface area contributed by atoms with E-state index in [1.165, 1.54) is 19.3 Å². The molecule has 3 aliphatic carbocycles. The Kier molecular flexibility index (Phi) is 2.32. The quantitative estimate of drug-likeness (QED) is 0.862. The first-order valence-corrected chi connectivity index (χ1v) is 7.22. The molecule has 0 saturated heterocycles. The molecule has 2 heteroatoms. The Labute approximate surface area is 108 Å². The Morgan fingerprint density at radius 1 is 1.22 bits per heavy atom. The molecule has 1 aromatic rings. The SMILES string of the molecule is Cc1ccc(CNC2C3C4CCC(C4)C23)cc1F. The van der Waals surface area contributed by atoms with Crippen LogP contribution in [0.5, 0.6) is 0 Å². The van der Waals surface area contributed by atoms with Crippen LogP contribution in [0.15, 0.2) is 18.2 Å². The van der Waals surface area contributed by atoms with Crippen molar-refractivity contribution in [1.29, 1.82) is 0 Å². The van der Waals surface area contributed by atoms with Gasteiger partial charge in [-0.1, -0.05) is 12.1 Å². The van der Waals surface area contributed by atoms with Crippen molar-refractivity contribution >= 4 is 0 Å². The van der Waals surface area contributed by atoms with Gasteiger partial charge in [0.1, 0.15) is 5.82 Å². The third kappa shape index (κ3) is 1.55. The summed E-state index contributed by atoms with van der Waals surface area (Å²) in [7, 11) is 0. The van der Waals surface area contributed by atoms with Crippen molar-refractivity contribution in [2.24, 2.45) is 23.7 Å². The van der Waals surface area contributed by atoms with Crippen molar-refractivity contribution in [3.05, 3.63) is 35.1 Å². The first-order valence-electron chi connectivity index (χ1n) is 7.22. The van der Waals surface area contributed by atoms with Crippen LogP contribution < -0.4 is 5.32 Å². The van der Waals surface area contributed by atoms with Crippen LogP contribution in [0.4, 0.5) is 4.39 Å². The molecule has 0 spiro atoms. The van der Waals surface area contributed by atoms with Crippen LogP contribution >= 0.6 is 0 Å². The zero-order valence-electron chi connectivity index (χ0n) is 10.8. The number of hydrogen-bond donors (Lipinski definition) is 1. The van der Waals surface area contributed by atoms with E-state index in [1.807, 2.05) is 19.1 Å². The highest BCUT2D eigenvalue weighted by Gasteiger charge is 2.64. The highest BCUT2D eigenvalue weighted by Crippen LogP contribution is 2.65. The van der Waals surface area contributed by atoms with Crippen LogP contribution in [0.25, 0.3) is 0 Å². The largest absolute Gasteiger partial charge is 0.309 e. The Morgan fingerprint density at radius 2 is 1.94 bits per heavy atom. The van der Waals surface area contributed by atoms with Crippen molar-refractivity contribution in [3.63, 3.8) is 0 Å². The van der Waals surface area contributed by atoms with E-state index in [9.17, 15) is 4.39 Å². The van der Waals surface area contributed by atoms with Gasteiger partial charge in [-0.15, -0.1) is 0 Å². The number of benzene rings is 1. The molecule has 0 heterocycles. The molecule has 3 fully saturated rings. The maximum Gasteiger partial charge on any atom is 0.126 e. The van der Waals surface area contributed by atoms with Crippen LogP contribution in [0.1, 0.15) is 30.4 Å². The van der Waals surface area contributed by atoms with E-state index in [4.69, 9.17) is 0 Å². The van der Waals surface area contributed by atoms with Gasteiger partial charge in [-0.3, -0.25) is 0 Å². The van der Waals surface area contributed by atoms with E-state index < -0.39 is 0 Å². The maximum atomic E-state index is 13.5. The van der Waals surface area contributed by atoms with Crippen LogP contribution in [-0.2, 0) is 6.54 Å². The minimum atomic E-state index is -0.0784. The summed E-state index contributed by atoms with van der Waals surface area (Å²) >= 11 is 0. The fraction of sp³-hybridized carbons (Fsp3) is 0.625. The van der Waals surface area contributed by atoms with Crippen molar-refractivity contribution in [1.82, 2.24) is 5.32 Å². The zero-order valence-corrected chi connectivity index (χ0v) is 10.8. The average Bonchev–Trinajstić information content (AvgIpc) is 2.76. The predicted octanol–water partition coefficient (Wildman–Crippen LogP) is 3.27. The highest BCUT2D eigenvalue weighted by atomic mass is 19.1. The summed E-state index contributed by atoms with van der Waals surface area (Å²) in [4.78, 5) is 0. The molecule has 1 nitrogen and oxygen atoms in total. The highest BCUT2D eigenvalue weighted by molar-refractivity contribution is 5.24. The van der Waals surface area contributed by atoms with Crippen molar-refractivity contribution in [3.8, 4) is 0 Å². The Morgan fingerprint density at radius 3 is 2.61 bits per heavy atom. The summed E-state index contributed by atoms with van der Waals surface area (Å²) < 4.78 is 13.5. The normalized spacial score (nSPS) is 40.0. The first-order chi connectivity index (χ1) is 8.74. The van der Waals surface area contributed by atoms with E-state index in [0.717, 1.165) is 47.4 Å². The second-order valence-electron chi connectivity index (χ2n) is 6.48. The van der Waals surface area contributed by atoms with Crippen LogP contribution in [0, 0.1) is 36.4 Å². The summed E-state index contributed by atoms with van der Waals surface area (Å²) in [6, 6.07) is 6.33. The lowest BCUT2D eigenvalue weighted by molar-refractivity contribution is 0.456. The maximum absolute atomic E-state index is 13.5. The Hall–Kier alpha value is -0.890. The molecule has 3 saturated carbocycles. The van der Waals surface area contributed by atoms with Gasteiger partial charge in [-0.05, 0) is 67.1 Å². The molecule has 1 N–H and O–H groups in total. The van der Waals surface area contributed by atoms with Crippen molar-refractivity contribution in [2.45, 2.75) is 38.8 Å². The van der Waals surface area contributed by atoms with E-state index in [-0.39, 0.29) is 5.82 Å². The van der Waals surface area contributed by atoms with Gasteiger partial charge in [-0.2, -0.15) is 0 Å². The number of halogens is 1. The number of fused-ring (bicyclic) bond motifs is 5. The van der Waals surface area contributed by atoms with Gasteiger partial charge in [0.2, 0.25) is 0 Å². The van der Waals surface area contributed by atoms with E-state index >= 15 is 0 Å². The first kappa shape index (κ1) is 11.0. The lowest BCUT2D eigenvalue weighted by atomic mass is 10.0. The fourth-order valence-corrected chi connectivity index (χ4v) is 4.58. The van der Waals surface area contributed by atoms with Crippen LogP contribution in [-0.4, -0.2) is 6.04 Å². The number of aryl methyl sites for hydroxylation is 1. The van der Waals surface area contributed by atoms with Gasteiger partial charge >= 0.3 is 0 Å². The second-order valence-corrected chi connectivity index (χ2v) is 6.48. The molecular weight excluding hydrogens is 225 g/mol. The molecule has 0 aliphatic heterocycles. The van der Waals surface area contributed by atoms with Crippen LogP contribution in [0.3, 0.4) is 0 Å². The monoisotopic (exact) mass is 245 g/mol. The average molecular weight is 245 g/mol. The summed E-state index contributed by atoms with van der Waals surface area (Å²) in [6.45, 7) is 2.64. The summed E-state index contributed by atoms with van der Waals surface area (Å²) in [5.41, 5.74) is 1.82. The Bertz CT molecular complexity index is 468. The molecule has 4 unspecified atom stereocenters. The van der Waals surface area contributed by atoms with Crippen molar-refractivity contribution in [2.75, 3.05) is 0 Å². The molecule has 96 valence electrons. The molecule has 1 aromatic carbocycles. The van der Waals surface area contributed by atoms with E-state index in [0.29, 0.717) is 0 Å². The Balaban J connectivity index is 1.39. The number of nitrogens with one attached hydrogen (secondary N) is 1.